The Balaban J connectivity index is 3.26. The zero-order valence-electron chi connectivity index (χ0n) is 8.73. The Hall–Kier alpha value is -0.940. The van der Waals surface area contributed by atoms with Crippen molar-refractivity contribution in [2.45, 2.75) is 19.4 Å². The summed E-state index contributed by atoms with van der Waals surface area (Å²) in [6.07, 6.45) is 0.278. The molecule has 0 aromatic heterocycles. The minimum Gasteiger partial charge on any atom is -0.506 e. The predicted octanol–water partition coefficient (Wildman–Crippen LogP) is 3.40. The second-order valence-corrected chi connectivity index (χ2v) is 4.54. The first kappa shape index (κ1) is 13.1. The molecule has 0 spiro atoms. The molecule has 0 radical (unpaired) electrons. The highest BCUT2D eigenvalue weighted by molar-refractivity contribution is 9.10. The van der Waals surface area contributed by atoms with Crippen molar-refractivity contribution >= 4 is 15.9 Å². The van der Waals surface area contributed by atoms with E-state index in [9.17, 15) is 13.9 Å². The number of aromatic hydroxyl groups is 1. The normalized spacial score (nSPS) is 12.6. The first-order valence-electron chi connectivity index (χ1n) is 4.61. The Labute approximate surface area is 101 Å². The summed E-state index contributed by atoms with van der Waals surface area (Å²) in [5, 5.41) is 9.62. The minimum absolute atomic E-state index is 0.0820. The number of phenolic OH excluding ortho intramolecular Hbond substituents is 1. The molecule has 1 aromatic carbocycles. The van der Waals surface area contributed by atoms with Crippen molar-refractivity contribution in [3.05, 3.63) is 39.9 Å². The Morgan fingerprint density at radius 2 is 2.19 bits per heavy atom. The lowest BCUT2D eigenvalue weighted by Gasteiger charge is -2.15. The van der Waals surface area contributed by atoms with Gasteiger partial charge in [0.05, 0.1) is 10.0 Å². The molecule has 0 saturated carbocycles. The van der Waals surface area contributed by atoms with E-state index in [1.807, 2.05) is 0 Å². The summed E-state index contributed by atoms with van der Waals surface area (Å²) in [6.45, 7) is 5.36. The van der Waals surface area contributed by atoms with Gasteiger partial charge in [0, 0.05) is 6.04 Å². The van der Waals surface area contributed by atoms with E-state index in [0.29, 0.717) is 0 Å². The molecule has 16 heavy (non-hydrogen) atoms. The Bertz CT molecular complexity index is 408. The number of halogens is 3. The molecular weight excluding hydrogens is 280 g/mol. The van der Waals surface area contributed by atoms with Crippen LogP contribution < -0.4 is 5.73 Å². The maximum Gasteiger partial charge on any atom is 0.167 e. The van der Waals surface area contributed by atoms with Gasteiger partial charge in [0.15, 0.2) is 11.6 Å². The van der Waals surface area contributed by atoms with Gasteiger partial charge in [0.25, 0.3) is 0 Å². The predicted molar refractivity (Wildman–Crippen MR) is 62.1 cm³/mol. The molecule has 0 aliphatic rings. The number of benzene rings is 1. The van der Waals surface area contributed by atoms with Gasteiger partial charge in [0.1, 0.15) is 5.75 Å². The first-order chi connectivity index (χ1) is 7.34. The fourth-order valence-electron chi connectivity index (χ4n) is 1.42. The largest absolute Gasteiger partial charge is 0.506 e. The number of hydrogen-bond donors (Lipinski definition) is 2. The van der Waals surface area contributed by atoms with Crippen LogP contribution in [0.1, 0.15) is 24.9 Å². The average molecular weight is 292 g/mol. The van der Waals surface area contributed by atoms with Crippen LogP contribution in [0, 0.1) is 11.6 Å². The molecule has 2 nitrogen and oxygen atoms in total. The fraction of sp³-hybridized carbons (Fsp3) is 0.273. The van der Waals surface area contributed by atoms with E-state index in [0.717, 1.165) is 11.6 Å². The van der Waals surface area contributed by atoms with Gasteiger partial charge in [-0.25, -0.2) is 8.78 Å². The third-order valence-corrected chi connectivity index (χ3v) is 2.72. The summed E-state index contributed by atoms with van der Waals surface area (Å²) in [5.41, 5.74) is 6.19. The highest BCUT2D eigenvalue weighted by atomic mass is 79.9. The van der Waals surface area contributed by atoms with Gasteiger partial charge in [-0.3, -0.25) is 0 Å². The number of rotatable bonds is 3. The molecule has 0 saturated heterocycles. The van der Waals surface area contributed by atoms with Crippen LogP contribution in [-0.2, 0) is 0 Å². The molecule has 3 N–H and O–H groups in total. The molecule has 0 fully saturated rings. The summed E-state index contributed by atoms with van der Waals surface area (Å²) in [6, 6.07) is 0.0475. The summed E-state index contributed by atoms with van der Waals surface area (Å²) in [4.78, 5) is 0. The van der Waals surface area contributed by atoms with E-state index in [4.69, 9.17) is 5.73 Å². The third-order valence-electron chi connectivity index (χ3n) is 2.12. The van der Waals surface area contributed by atoms with Crippen molar-refractivity contribution in [3.8, 4) is 5.75 Å². The van der Waals surface area contributed by atoms with Crippen LogP contribution in [0.15, 0.2) is 22.7 Å². The molecular formula is C11H12BrF2NO. The molecule has 0 aliphatic carbocycles. The molecule has 0 aliphatic heterocycles. The highest BCUT2D eigenvalue weighted by Crippen LogP contribution is 2.36. The zero-order valence-corrected chi connectivity index (χ0v) is 10.3. The fourth-order valence-corrected chi connectivity index (χ4v) is 1.83. The molecule has 0 heterocycles. The topological polar surface area (TPSA) is 46.2 Å². The minimum atomic E-state index is -1.12. The lowest BCUT2D eigenvalue weighted by atomic mass is 9.99. The number of hydrogen-bond acceptors (Lipinski definition) is 2. The van der Waals surface area contributed by atoms with Crippen LogP contribution in [0.3, 0.4) is 0 Å². The molecule has 88 valence electrons. The van der Waals surface area contributed by atoms with Crippen molar-refractivity contribution in [1.82, 2.24) is 0 Å². The van der Waals surface area contributed by atoms with Crippen LogP contribution in [0.5, 0.6) is 5.75 Å². The van der Waals surface area contributed by atoms with Crippen LogP contribution in [0.25, 0.3) is 0 Å². The van der Waals surface area contributed by atoms with E-state index in [2.05, 4.69) is 22.5 Å². The van der Waals surface area contributed by atoms with E-state index in [-0.39, 0.29) is 22.2 Å². The maximum atomic E-state index is 13.5. The van der Waals surface area contributed by atoms with Crippen LogP contribution in [0.2, 0.25) is 0 Å². The van der Waals surface area contributed by atoms with Crippen molar-refractivity contribution in [3.63, 3.8) is 0 Å². The van der Waals surface area contributed by atoms with E-state index in [1.165, 1.54) is 0 Å². The van der Waals surface area contributed by atoms with Crippen molar-refractivity contribution in [2.75, 3.05) is 0 Å². The van der Waals surface area contributed by atoms with E-state index in [1.54, 1.807) is 6.92 Å². The van der Waals surface area contributed by atoms with Gasteiger partial charge in [0.2, 0.25) is 0 Å². The second-order valence-electron chi connectivity index (χ2n) is 3.68. The second kappa shape index (κ2) is 4.93. The van der Waals surface area contributed by atoms with Gasteiger partial charge in [-0.1, -0.05) is 5.57 Å². The standard InChI is InChI=1S/C11H12BrF2NO/c1-5(2)3-8(15)9-10(14)7(13)4-6(12)11(9)16/h4,8,16H,1,3,15H2,2H3/t8-/m1/s1. The number of nitrogens with two attached hydrogens (primary N) is 1. The summed E-state index contributed by atoms with van der Waals surface area (Å²) < 4.78 is 26.7. The molecule has 1 atom stereocenters. The monoisotopic (exact) mass is 291 g/mol. The molecule has 0 bridgehead atoms. The first-order valence-corrected chi connectivity index (χ1v) is 5.40. The van der Waals surface area contributed by atoms with Gasteiger partial charge >= 0.3 is 0 Å². The van der Waals surface area contributed by atoms with Gasteiger partial charge in [-0.05, 0) is 35.3 Å². The van der Waals surface area contributed by atoms with Gasteiger partial charge in [-0.15, -0.1) is 6.58 Å². The quantitative estimate of drug-likeness (QED) is 0.662. The SMILES string of the molecule is C=C(C)C[C@@H](N)c1c(O)c(Br)cc(F)c1F. The van der Waals surface area contributed by atoms with Crippen LogP contribution >= 0.6 is 15.9 Å². The molecule has 5 heteroatoms. The number of phenols is 1. The van der Waals surface area contributed by atoms with Crippen LogP contribution in [-0.4, -0.2) is 5.11 Å². The Kier molecular flexibility index (Phi) is 4.04. The van der Waals surface area contributed by atoms with E-state index >= 15 is 0 Å². The zero-order chi connectivity index (χ0) is 12.5. The molecule has 1 aromatic rings. The van der Waals surface area contributed by atoms with Crippen LogP contribution in [0.4, 0.5) is 8.78 Å². The van der Waals surface area contributed by atoms with Crippen molar-refractivity contribution in [2.24, 2.45) is 5.73 Å². The van der Waals surface area contributed by atoms with Gasteiger partial charge < -0.3 is 10.8 Å². The van der Waals surface area contributed by atoms with Gasteiger partial charge in [-0.2, -0.15) is 0 Å². The lowest BCUT2D eigenvalue weighted by molar-refractivity contribution is 0.427. The molecule has 1 rings (SSSR count). The van der Waals surface area contributed by atoms with Crippen molar-refractivity contribution in [1.29, 1.82) is 0 Å². The Morgan fingerprint density at radius 1 is 1.62 bits per heavy atom. The lowest BCUT2D eigenvalue weighted by Crippen LogP contribution is -2.14. The Morgan fingerprint density at radius 3 is 2.69 bits per heavy atom. The molecule has 0 unspecified atom stereocenters. The third kappa shape index (κ3) is 2.59. The molecule has 0 amide bonds. The van der Waals surface area contributed by atoms with Crippen molar-refractivity contribution < 1.29 is 13.9 Å². The van der Waals surface area contributed by atoms with E-state index < -0.39 is 17.7 Å². The summed E-state index contributed by atoms with van der Waals surface area (Å²) in [7, 11) is 0. The summed E-state index contributed by atoms with van der Waals surface area (Å²) in [5.74, 6) is -2.53. The average Bonchev–Trinajstić information content (AvgIpc) is 2.14. The maximum absolute atomic E-state index is 13.5. The smallest absolute Gasteiger partial charge is 0.167 e. The summed E-state index contributed by atoms with van der Waals surface area (Å²) >= 11 is 2.93. The highest BCUT2D eigenvalue weighted by Gasteiger charge is 2.22.